The summed E-state index contributed by atoms with van der Waals surface area (Å²) in [5.41, 5.74) is 1.86. The van der Waals surface area contributed by atoms with Crippen molar-refractivity contribution in [2.75, 3.05) is 12.4 Å². The second-order valence-corrected chi connectivity index (χ2v) is 5.19. The first-order chi connectivity index (χ1) is 10.2. The lowest BCUT2D eigenvalue weighted by molar-refractivity contribution is -0.146. The van der Waals surface area contributed by atoms with Crippen LogP contribution in [-0.2, 0) is 21.5 Å². The Morgan fingerprint density at radius 3 is 2.62 bits per heavy atom. The summed E-state index contributed by atoms with van der Waals surface area (Å²) in [6, 6.07) is 13.8. The molecule has 2 aromatic rings. The van der Waals surface area contributed by atoms with Crippen molar-refractivity contribution in [1.29, 1.82) is 0 Å². The molecule has 4 heteroatoms. The smallest absolute Gasteiger partial charge is 0.336 e. The van der Waals surface area contributed by atoms with Gasteiger partial charge in [0.15, 0.2) is 5.54 Å². The molecule has 108 valence electrons. The number of halogens is 1. The van der Waals surface area contributed by atoms with Crippen molar-refractivity contribution in [2.24, 2.45) is 0 Å². The van der Waals surface area contributed by atoms with Crippen molar-refractivity contribution < 1.29 is 13.9 Å². The van der Waals surface area contributed by atoms with Crippen LogP contribution >= 0.6 is 0 Å². The highest BCUT2D eigenvalue weighted by Crippen LogP contribution is 2.40. The Bertz CT molecular complexity index is 669. The zero-order valence-electron chi connectivity index (χ0n) is 11.7. The van der Waals surface area contributed by atoms with E-state index in [1.54, 1.807) is 12.1 Å². The number of methoxy groups -OCH3 is 1. The Balaban J connectivity index is 2.03. The predicted molar refractivity (Wildman–Crippen MR) is 78.5 cm³/mol. The quantitative estimate of drug-likeness (QED) is 0.880. The highest BCUT2D eigenvalue weighted by atomic mass is 19.1. The van der Waals surface area contributed by atoms with Crippen molar-refractivity contribution in [3.63, 3.8) is 0 Å². The fraction of sp³-hybridized carbons (Fsp3) is 0.235. The van der Waals surface area contributed by atoms with Crippen LogP contribution < -0.4 is 5.32 Å². The molecule has 1 unspecified atom stereocenters. The molecule has 0 amide bonds. The first kappa shape index (κ1) is 13.6. The minimum Gasteiger partial charge on any atom is -0.467 e. The van der Waals surface area contributed by atoms with Gasteiger partial charge < -0.3 is 10.1 Å². The Morgan fingerprint density at radius 2 is 1.90 bits per heavy atom. The second kappa shape index (κ2) is 5.20. The van der Waals surface area contributed by atoms with Gasteiger partial charge in [0.25, 0.3) is 0 Å². The van der Waals surface area contributed by atoms with Gasteiger partial charge >= 0.3 is 5.97 Å². The van der Waals surface area contributed by atoms with Gasteiger partial charge in [-0.3, -0.25) is 0 Å². The fourth-order valence-corrected chi connectivity index (χ4v) is 2.96. The van der Waals surface area contributed by atoms with Gasteiger partial charge in [-0.15, -0.1) is 0 Å². The van der Waals surface area contributed by atoms with E-state index >= 15 is 0 Å². The number of fused-ring (bicyclic) bond motifs is 1. The lowest BCUT2D eigenvalue weighted by Crippen LogP contribution is -2.42. The molecule has 0 aromatic heterocycles. The summed E-state index contributed by atoms with van der Waals surface area (Å²) in [5, 5.41) is 3.25. The number of anilines is 1. The molecule has 3 rings (SSSR count). The third-order valence-electron chi connectivity index (χ3n) is 3.98. The largest absolute Gasteiger partial charge is 0.467 e. The van der Waals surface area contributed by atoms with E-state index in [0.29, 0.717) is 12.1 Å². The average Bonchev–Trinajstić information content (AvgIpc) is 2.89. The maximum absolute atomic E-state index is 13.0. The SMILES string of the molecule is COC(=O)C1(Nc2ccc(F)cc2)CCc2ccccc21. The first-order valence-corrected chi connectivity index (χ1v) is 6.86. The van der Waals surface area contributed by atoms with Gasteiger partial charge in [0.2, 0.25) is 0 Å². The Morgan fingerprint density at radius 1 is 1.19 bits per heavy atom. The molecule has 3 nitrogen and oxygen atoms in total. The summed E-state index contributed by atoms with van der Waals surface area (Å²) in [6.45, 7) is 0. The molecule has 21 heavy (non-hydrogen) atoms. The topological polar surface area (TPSA) is 38.3 Å². The fourth-order valence-electron chi connectivity index (χ4n) is 2.96. The zero-order chi connectivity index (χ0) is 14.9. The molecule has 0 bridgehead atoms. The number of hydrogen-bond donors (Lipinski definition) is 1. The van der Waals surface area contributed by atoms with E-state index in [1.807, 2.05) is 24.3 Å². The molecule has 1 atom stereocenters. The van der Waals surface area contributed by atoms with E-state index in [9.17, 15) is 9.18 Å². The van der Waals surface area contributed by atoms with E-state index < -0.39 is 5.54 Å². The van der Waals surface area contributed by atoms with Crippen LogP contribution in [0.2, 0.25) is 0 Å². The zero-order valence-corrected chi connectivity index (χ0v) is 11.7. The summed E-state index contributed by atoms with van der Waals surface area (Å²) in [7, 11) is 1.39. The summed E-state index contributed by atoms with van der Waals surface area (Å²) in [6.07, 6.45) is 1.43. The minimum absolute atomic E-state index is 0.306. The van der Waals surface area contributed by atoms with Crippen LogP contribution in [0.5, 0.6) is 0 Å². The summed E-state index contributed by atoms with van der Waals surface area (Å²) in [5.74, 6) is -0.628. The maximum Gasteiger partial charge on any atom is 0.336 e. The molecular formula is C17H16FNO2. The van der Waals surface area contributed by atoms with Crippen LogP contribution in [0.4, 0.5) is 10.1 Å². The van der Waals surface area contributed by atoms with Gasteiger partial charge in [0.05, 0.1) is 7.11 Å². The molecular weight excluding hydrogens is 269 g/mol. The van der Waals surface area contributed by atoms with Gasteiger partial charge in [-0.25, -0.2) is 9.18 Å². The van der Waals surface area contributed by atoms with Gasteiger partial charge in [-0.2, -0.15) is 0 Å². The van der Waals surface area contributed by atoms with Crippen molar-refractivity contribution in [1.82, 2.24) is 0 Å². The van der Waals surface area contributed by atoms with E-state index in [0.717, 1.165) is 17.5 Å². The molecule has 0 heterocycles. The molecule has 2 aromatic carbocycles. The van der Waals surface area contributed by atoms with Crippen LogP contribution in [0.25, 0.3) is 0 Å². The van der Waals surface area contributed by atoms with Crippen LogP contribution in [0.1, 0.15) is 17.5 Å². The third-order valence-corrected chi connectivity index (χ3v) is 3.98. The monoisotopic (exact) mass is 285 g/mol. The highest BCUT2D eigenvalue weighted by Gasteiger charge is 2.46. The number of aryl methyl sites for hydroxylation is 1. The highest BCUT2D eigenvalue weighted by molar-refractivity contribution is 5.87. The number of hydrogen-bond acceptors (Lipinski definition) is 3. The standard InChI is InChI=1S/C17H16FNO2/c1-21-16(20)17(19-14-8-6-13(18)7-9-14)11-10-12-4-2-3-5-15(12)17/h2-9,19H,10-11H2,1H3. The normalized spacial score (nSPS) is 19.9. The molecule has 0 radical (unpaired) electrons. The predicted octanol–water partition coefficient (Wildman–Crippen LogP) is 3.25. The van der Waals surface area contributed by atoms with Gasteiger partial charge in [-0.05, 0) is 48.2 Å². The van der Waals surface area contributed by atoms with Gasteiger partial charge in [-0.1, -0.05) is 24.3 Å². The molecule has 1 aliphatic carbocycles. The number of benzene rings is 2. The molecule has 1 N–H and O–H groups in total. The number of carbonyl (C=O) groups excluding carboxylic acids is 1. The van der Waals surface area contributed by atoms with E-state index in [4.69, 9.17) is 4.74 Å². The van der Waals surface area contributed by atoms with Crippen LogP contribution in [0.3, 0.4) is 0 Å². The number of esters is 1. The number of nitrogens with one attached hydrogen (secondary N) is 1. The summed E-state index contributed by atoms with van der Waals surface area (Å²) in [4.78, 5) is 12.4. The Kier molecular flexibility index (Phi) is 3.37. The molecule has 0 aliphatic heterocycles. The average molecular weight is 285 g/mol. The van der Waals surface area contributed by atoms with Gasteiger partial charge in [0, 0.05) is 5.69 Å². The molecule has 0 spiro atoms. The number of carbonyl (C=O) groups is 1. The van der Waals surface area contributed by atoms with Crippen LogP contribution in [-0.4, -0.2) is 13.1 Å². The summed E-state index contributed by atoms with van der Waals surface area (Å²) >= 11 is 0. The van der Waals surface area contributed by atoms with Crippen LogP contribution in [0, 0.1) is 5.82 Å². The van der Waals surface area contributed by atoms with Crippen molar-refractivity contribution in [3.05, 3.63) is 65.5 Å². The van der Waals surface area contributed by atoms with Crippen molar-refractivity contribution in [3.8, 4) is 0 Å². The second-order valence-electron chi connectivity index (χ2n) is 5.19. The molecule has 0 fully saturated rings. The first-order valence-electron chi connectivity index (χ1n) is 6.86. The Hall–Kier alpha value is -2.36. The maximum atomic E-state index is 13.0. The van der Waals surface area contributed by atoms with Crippen molar-refractivity contribution in [2.45, 2.75) is 18.4 Å². The van der Waals surface area contributed by atoms with Crippen molar-refractivity contribution >= 4 is 11.7 Å². The minimum atomic E-state index is -0.900. The van der Waals surface area contributed by atoms with E-state index in [-0.39, 0.29) is 11.8 Å². The lowest BCUT2D eigenvalue weighted by Gasteiger charge is -2.29. The van der Waals surface area contributed by atoms with E-state index in [2.05, 4.69) is 5.32 Å². The van der Waals surface area contributed by atoms with E-state index in [1.165, 1.54) is 19.2 Å². The lowest BCUT2D eigenvalue weighted by atomic mass is 9.91. The van der Waals surface area contributed by atoms with Gasteiger partial charge in [0.1, 0.15) is 5.82 Å². The third kappa shape index (κ3) is 2.27. The number of rotatable bonds is 3. The Labute approximate surface area is 122 Å². The molecule has 0 saturated carbocycles. The van der Waals surface area contributed by atoms with Crippen LogP contribution in [0.15, 0.2) is 48.5 Å². The summed E-state index contributed by atoms with van der Waals surface area (Å²) < 4.78 is 18.1. The number of ether oxygens (including phenoxy) is 1. The molecule has 1 aliphatic rings. The molecule has 0 saturated heterocycles.